The van der Waals surface area contributed by atoms with Gasteiger partial charge in [-0.2, -0.15) is 0 Å². The molecule has 0 atom stereocenters. The van der Waals surface area contributed by atoms with Gasteiger partial charge in [0.1, 0.15) is 0 Å². The van der Waals surface area contributed by atoms with Gasteiger partial charge in [0.15, 0.2) is 9.84 Å². The number of benzene rings is 1. The van der Waals surface area contributed by atoms with Gasteiger partial charge in [0.25, 0.3) is 0 Å². The number of sulfone groups is 1. The minimum absolute atomic E-state index is 0.423. The summed E-state index contributed by atoms with van der Waals surface area (Å²) >= 11 is 0. The van der Waals surface area contributed by atoms with Crippen LogP contribution in [0.3, 0.4) is 0 Å². The van der Waals surface area contributed by atoms with Gasteiger partial charge in [-0.3, -0.25) is 0 Å². The quantitative estimate of drug-likeness (QED) is 0.879. The summed E-state index contributed by atoms with van der Waals surface area (Å²) in [5.41, 5.74) is 6.43. The number of hydrogen-bond donors (Lipinski definition) is 1. The van der Waals surface area contributed by atoms with E-state index in [0.717, 1.165) is 44.8 Å². The molecule has 0 aromatic heterocycles. The normalized spacial score (nSPS) is 18.0. The topological polar surface area (TPSA) is 66.6 Å². The Labute approximate surface area is 121 Å². The molecule has 0 bridgehead atoms. The zero-order chi connectivity index (χ0) is 14.6. The van der Waals surface area contributed by atoms with Gasteiger partial charge in [-0.1, -0.05) is 12.1 Å². The van der Waals surface area contributed by atoms with Crippen LogP contribution >= 0.6 is 0 Å². The van der Waals surface area contributed by atoms with Gasteiger partial charge >= 0.3 is 0 Å². The molecule has 0 amide bonds. The maximum Gasteiger partial charge on any atom is 0.177 e. The minimum atomic E-state index is -3.19. The van der Waals surface area contributed by atoms with Crippen molar-refractivity contribution in [2.75, 3.05) is 50.4 Å². The van der Waals surface area contributed by atoms with Crippen LogP contribution in [0.2, 0.25) is 0 Å². The lowest BCUT2D eigenvalue weighted by Crippen LogP contribution is -2.34. The van der Waals surface area contributed by atoms with Crippen molar-refractivity contribution in [1.29, 1.82) is 0 Å². The molecule has 0 aliphatic carbocycles. The van der Waals surface area contributed by atoms with Crippen molar-refractivity contribution in [1.82, 2.24) is 4.90 Å². The van der Waals surface area contributed by atoms with E-state index in [1.807, 2.05) is 12.1 Å². The average Bonchev–Trinajstić information content (AvgIpc) is 2.64. The first kappa shape index (κ1) is 15.3. The third kappa shape index (κ3) is 3.71. The Morgan fingerprint density at radius 2 is 1.90 bits per heavy atom. The summed E-state index contributed by atoms with van der Waals surface area (Å²) in [7, 11) is -3.19. The largest absolute Gasteiger partial charge is 0.369 e. The van der Waals surface area contributed by atoms with Crippen LogP contribution in [-0.4, -0.2) is 58.8 Å². The number of para-hydroxylation sites is 1. The molecule has 0 spiro atoms. The van der Waals surface area contributed by atoms with Crippen molar-refractivity contribution in [2.45, 2.75) is 11.3 Å². The summed E-state index contributed by atoms with van der Waals surface area (Å²) < 4.78 is 23.8. The van der Waals surface area contributed by atoms with Crippen LogP contribution in [0.4, 0.5) is 5.69 Å². The summed E-state index contributed by atoms with van der Waals surface area (Å²) in [6.45, 7) is 5.24. The van der Waals surface area contributed by atoms with Crippen LogP contribution in [0, 0.1) is 0 Å². The van der Waals surface area contributed by atoms with Crippen LogP contribution in [0.5, 0.6) is 0 Å². The number of anilines is 1. The molecular formula is C14H23N3O2S. The highest BCUT2D eigenvalue weighted by molar-refractivity contribution is 7.90. The summed E-state index contributed by atoms with van der Waals surface area (Å²) in [6, 6.07) is 7.26. The molecule has 1 heterocycles. The molecule has 0 unspecified atom stereocenters. The van der Waals surface area contributed by atoms with Crippen LogP contribution < -0.4 is 10.6 Å². The molecule has 0 saturated carbocycles. The SMILES string of the molecule is CS(=O)(=O)c1ccccc1N1CCCN(CCN)CC1. The number of rotatable bonds is 4. The van der Waals surface area contributed by atoms with E-state index in [9.17, 15) is 8.42 Å². The molecule has 1 aromatic rings. The Morgan fingerprint density at radius 1 is 1.15 bits per heavy atom. The second-order valence-corrected chi connectivity index (χ2v) is 7.19. The van der Waals surface area contributed by atoms with Gasteiger partial charge in [0.05, 0.1) is 10.6 Å². The van der Waals surface area contributed by atoms with E-state index in [0.29, 0.717) is 11.4 Å². The fourth-order valence-corrected chi connectivity index (χ4v) is 3.55. The van der Waals surface area contributed by atoms with Gasteiger partial charge in [-0.05, 0) is 25.1 Å². The van der Waals surface area contributed by atoms with Gasteiger partial charge in [-0.15, -0.1) is 0 Å². The van der Waals surface area contributed by atoms with E-state index in [1.54, 1.807) is 12.1 Å². The molecule has 1 saturated heterocycles. The summed E-state index contributed by atoms with van der Waals surface area (Å²) in [6.07, 6.45) is 2.29. The fraction of sp³-hybridized carbons (Fsp3) is 0.571. The molecule has 1 aliphatic heterocycles. The molecule has 112 valence electrons. The Bertz CT molecular complexity index is 545. The smallest absolute Gasteiger partial charge is 0.177 e. The lowest BCUT2D eigenvalue weighted by molar-refractivity contribution is 0.302. The molecule has 1 fully saturated rings. The molecular weight excluding hydrogens is 274 g/mol. The van der Waals surface area contributed by atoms with Gasteiger partial charge in [0, 0.05) is 39.0 Å². The van der Waals surface area contributed by atoms with Crippen molar-refractivity contribution in [3.8, 4) is 0 Å². The Morgan fingerprint density at radius 3 is 2.60 bits per heavy atom. The Hall–Kier alpha value is -1.11. The lowest BCUT2D eigenvalue weighted by Gasteiger charge is -2.25. The standard InChI is InChI=1S/C14H23N3O2S/c1-20(18,19)14-6-3-2-5-13(14)17-9-4-8-16(10-7-15)11-12-17/h2-3,5-6H,4,7-12,15H2,1H3. The van der Waals surface area contributed by atoms with E-state index in [1.165, 1.54) is 6.26 Å². The maximum absolute atomic E-state index is 11.9. The second kappa shape index (κ2) is 6.56. The lowest BCUT2D eigenvalue weighted by atomic mass is 10.2. The minimum Gasteiger partial charge on any atom is -0.369 e. The first-order valence-corrected chi connectivity index (χ1v) is 8.88. The third-order valence-electron chi connectivity index (χ3n) is 3.64. The van der Waals surface area contributed by atoms with E-state index < -0.39 is 9.84 Å². The first-order valence-electron chi connectivity index (χ1n) is 6.99. The first-order chi connectivity index (χ1) is 9.52. The maximum atomic E-state index is 11.9. The molecule has 0 radical (unpaired) electrons. The Kier molecular flexibility index (Phi) is 5.01. The number of nitrogens with zero attached hydrogens (tertiary/aromatic N) is 2. The zero-order valence-corrected chi connectivity index (χ0v) is 12.8. The fourth-order valence-electron chi connectivity index (χ4n) is 2.65. The summed E-state index contributed by atoms with van der Waals surface area (Å²) in [5, 5.41) is 0. The van der Waals surface area contributed by atoms with Gasteiger partial charge < -0.3 is 15.5 Å². The second-order valence-electron chi connectivity index (χ2n) is 5.21. The van der Waals surface area contributed by atoms with Crippen LogP contribution in [0.1, 0.15) is 6.42 Å². The number of nitrogens with two attached hydrogens (primary N) is 1. The predicted molar refractivity (Wildman–Crippen MR) is 81.9 cm³/mol. The number of hydrogen-bond acceptors (Lipinski definition) is 5. The molecule has 6 heteroatoms. The highest BCUT2D eigenvalue weighted by Crippen LogP contribution is 2.25. The van der Waals surface area contributed by atoms with Crippen LogP contribution in [-0.2, 0) is 9.84 Å². The van der Waals surface area contributed by atoms with Crippen molar-refractivity contribution in [3.05, 3.63) is 24.3 Å². The van der Waals surface area contributed by atoms with Crippen molar-refractivity contribution >= 4 is 15.5 Å². The monoisotopic (exact) mass is 297 g/mol. The predicted octanol–water partition coefficient (Wildman–Crippen LogP) is 0.561. The molecule has 20 heavy (non-hydrogen) atoms. The van der Waals surface area contributed by atoms with Crippen molar-refractivity contribution in [2.24, 2.45) is 5.73 Å². The summed E-state index contributed by atoms with van der Waals surface area (Å²) in [4.78, 5) is 4.93. The molecule has 1 aliphatic rings. The van der Waals surface area contributed by atoms with Crippen LogP contribution in [0.15, 0.2) is 29.2 Å². The van der Waals surface area contributed by atoms with Gasteiger partial charge in [-0.25, -0.2) is 8.42 Å². The zero-order valence-electron chi connectivity index (χ0n) is 12.0. The van der Waals surface area contributed by atoms with Crippen LogP contribution in [0.25, 0.3) is 0 Å². The van der Waals surface area contributed by atoms with E-state index in [4.69, 9.17) is 5.73 Å². The van der Waals surface area contributed by atoms with E-state index in [-0.39, 0.29) is 0 Å². The molecule has 1 aromatic carbocycles. The molecule has 2 N–H and O–H groups in total. The van der Waals surface area contributed by atoms with Crippen molar-refractivity contribution < 1.29 is 8.42 Å². The molecule has 2 rings (SSSR count). The van der Waals surface area contributed by atoms with Crippen molar-refractivity contribution in [3.63, 3.8) is 0 Å². The van der Waals surface area contributed by atoms with Gasteiger partial charge in [0.2, 0.25) is 0 Å². The molecule has 5 nitrogen and oxygen atoms in total. The highest BCUT2D eigenvalue weighted by Gasteiger charge is 2.20. The average molecular weight is 297 g/mol. The summed E-state index contributed by atoms with van der Waals surface area (Å²) in [5.74, 6) is 0. The van der Waals surface area contributed by atoms with E-state index in [2.05, 4.69) is 9.80 Å². The Balaban J connectivity index is 2.20. The highest BCUT2D eigenvalue weighted by atomic mass is 32.2. The third-order valence-corrected chi connectivity index (χ3v) is 4.78. The van der Waals surface area contributed by atoms with E-state index >= 15 is 0 Å².